The second kappa shape index (κ2) is 6.63. The molecule has 3 heteroatoms. The summed E-state index contributed by atoms with van der Waals surface area (Å²) in [5, 5.41) is 1.02. The van der Waals surface area contributed by atoms with Crippen LogP contribution < -0.4 is 0 Å². The first-order valence-corrected chi connectivity index (χ1v) is 9.15. The van der Waals surface area contributed by atoms with E-state index in [0.717, 1.165) is 40.4 Å². The molecule has 0 radical (unpaired) electrons. The Morgan fingerprint density at radius 2 is 1.91 bits per heavy atom. The van der Waals surface area contributed by atoms with Gasteiger partial charge < -0.3 is 4.98 Å². The average molecular weight is 323 g/mol. The zero-order valence-electron chi connectivity index (χ0n) is 13.7. The van der Waals surface area contributed by atoms with Crippen molar-refractivity contribution in [2.75, 3.05) is 6.26 Å². The Morgan fingerprint density at radius 1 is 1.17 bits per heavy atom. The average Bonchev–Trinajstić information content (AvgIpc) is 2.98. The summed E-state index contributed by atoms with van der Waals surface area (Å²) >= 11 is 1.72. The van der Waals surface area contributed by atoms with Crippen molar-refractivity contribution in [2.24, 2.45) is 0 Å². The van der Waals surface area contributed by atoms with Crippen molar-refractivity contribution in [3.63, 3.8) is 0 Å². The normalized spacial score (nSPS) is 12.5. The van der Waals surface area contributed by atoms with E-state index >= 15 is 0 Å². The number of carbonyl (C=O) groups excluding carboxylic acids is 1. The molecule has 0 spiro atoms. The van der Waals surface area contributed by atoms with Gasteiger partial charge in [0.25, 0.3) is 0 Å². The summed E-state index contributed by atoms with van der Waals surface area (Å²) in [5.74, 6) is 0.498. The Kier molecular flexibility index (Phi) is 4.58. The molecule has 0 saturated carbocycles. The van der Waals surface area contributed by atoms with Crippen LogP contribution >= 0.6 is 11.8 Å². The van der Waals surface area contributed by atoms with Crippen LogP contribution in [0.4, 0.5) is 0 Å². The number of benzene rings is 2. The second-order valence-electron chi connectivity index (χ2n) is 5.87. The molecule has 3 rings (SSSR count). The molecule has 1 unspecified atom stereocenters. The summed E-state index contributed by atoms with van der Waals surface area (Å²) in [6, 6.07) is 14.7. The van der Waals surface area contributed by atoms with E-state index in [4.69, 9.17) is 0 Å². The third-order valence-electron chi connectivity index (χ3n) is 4.54. The van der Waals surface area contributed by atoms with Gasteiger partial charge in [0.2, 0.25) is 0 Å². The minimum absolute atomic E-state index is 0.498. The van der Waals surface area contributed by atoms with Crippen LogP contribution in [-0.2, 0) is 0 Å². The predicted octanol–water partition coefficient (Wildman–Crippen LogP) is 5.88. The van der Waals surface area contributed by atoms with Gasteiger partial charge in [-0.3, -0.25) is 4.79 Å². The van der Waals surface area contributed by atoms with Crippen LogP contribution in [0, 0.1) is 0 Å². The number of carbonyl (C=O) groups is 1. The Hall–Kier alpha value is -2.00. The lowest BCUT2D eigenvalue weighted by atomic mass is 9.96. The summed E-state index contributed by atoms with van der Waals surface area (Å²) < 4.78 is 0. The molecule has 0 amide bonds. The van der Waals surface area contributed by atoms with Crippen molar-refractivity contribution in [3.8, 4) is 11.3 Å². The van der Waals surface area contributed by atoms with E-state index in [0.29, 0.717) is 5.92 Å². The van der Waals surface area contributed by atoms with Gasteiger partial charge in [0.15, 0.2) is 6.29 Å². The van der Waals surface area contributed by atoms with Gasteiger partial charge in [-0.15, -0.1) is 11.8 Å². The van der Waals surface area contributed by atoms with Crippen molar-refractivity contribution in [3.05, 3.63) is 53.6 Å². The number of aldehydes is 1. The predicted molar refractivity (Wildman–Crippen MR) is 99.6 cm³/mol. The molecule has 0 aliphatic rings. The third-order valence-corrected chi connectivity index (χ3v) is 5.28. The Morgan fingerprint density at radius 3 is 2.52 bits per heavy atom. The standard InChI is InChI=1S/C20H21NOS/c1-4-13(2)15-7-10-19-17(11-15)18(12-22)20(21-19)14-5-8-16(23-3)9-6-14/h5-13,21H,4H2,1-3H3. The first kappa shape index (κ1) is 15.9. The van der Waals surface area contributed by atoms with E-state index in [1.165, 1.54) is 10.5 Å². The zero-order chi connectivity index (χ0) is 16.4. The lowest BCUT2D eigenvalue weighted by Crippen LogP contribution is -1.91. The number of fused-ring (bicyclic) bond motifs is 1. The highest BCUT2D eigenvalue weighted by Gasteiger charge is 2.14. The molecule has 2 aromatic carbocycles. The number of aromatic amines is 1. The van der Waals surface area contributed by atoms with E-state index < -0.39 is 0 Å². The number of hydrogen-bond donors (Lipinski definition) is 1. The summed E-state index contributed by atoms with van der Waals surface area (Å²) in [6.07, 6.45) is 4.12. The molecule has 118 valence electrons. The first-order valence-electron chi connectivity index (χ1n) is 7.93. The van der Waals surface area contributed by atoms with Gasteiger partial charge in [-0.2, -0.15) is 0 Å². The highest BCUT2D eigenvalue weighted by atomic mass is 32.2. The van der Waals surface area contributed by atoms with Crippen molar-refractivity contribution in [2.45, 2.75) is 31.1 Å². The SMILES string of the molecule is CCC(C)c1ccc2[nH]c(-c3ccc(SC)cc3)c(C=O)c2c1. The topological polar surface area (TPSA) is 32.9 Å². The third kappa shape index (κ3) is 2.93. The molecule has 1 atom stereocenters. The van der Waals surface area contributed by atoms with E-state index in [2.05, 4.69) is 67.6 Å². The van der Waals surface area contributed by atoms with Gasteiger partial charge in [-0.05, 0) is 54.0 Å². The monoisotopic (exact) mass is 323 g/mol. The molecule has 0 bridgehead atoms. The lowest BCUT2D eigenvalue weighted by Gasteiger charge is -2.08. The molecular formula is C20H21NOS. The second-order valence-corrected chi connectivity index (χ2v) is 6.75. The number of aromatic nitrogens is 1. The molecule has 0 fully saturated rings. The Balaban J connectivity index is 2.15. The highest BCUT2D eigenvalue weighted by Crippen LogP contribution is 2.32. The number of hydrogen-bond acceptors (Lipinski definition) is 2. The highest BCUT2D eigenvalue weighted by molar-refractivity contribution is 7.98. The van der Waals surface area contributed by atoms with Gasteiger partial charge in [0.1, 0.15) is 0 Å². The molecule has 1 heterocycles. The molecule has 0 saturated heterocycles. The fourth-order valence-electron chi connectivity index (χ4n) is 2.88. The zero-order valence-corrected chi connectivity index (χ0v) is 14.5. The summed E-state index contributed by atoms with van der Waals surface area (Å²) in [7, 11) is 0. The smallest absolute Gasteiger partial charge is 0.152 e. The van der Waals surface area contributed by atoms with Crippen LogP contribution in [0.25, 0.3) is 22.2 Å². The maximum absolute atomic E-state index is 11.7. The molecule has 1 aromatic heterocycles. The maximum Gasteiger partial charge on any atom is 0.152 e. The fourth-order valence-corrected chi connectivity index (χ4v) is 3.29. The van der Waals surface area contributed by atoms with Gasteiger partial charge in [0, 0.05) is 21.4 Å². The van der Waals surface area contributed by atoms with Crippen molar-refractivity contribution < 1.29 is 4.79 Å². The first-order chi connectivity index (χ1) is 11.2. The Bertz CT molecular complexity index is 833. The van der Waals surface area contributed by atoms with Gasteiger partial charge in [-0.25, -0.2) is 0 Å². The van der Waals surface area contributed by atoms with Crippen LogP contribution in [-0.4, -0.2) is 17.5 Å². The summed E-state index contributed by atoms with van der Waals surface area (Å²) in [5.41, 5.74) is 5.01. The molecule has 2 nitrogen and oxygen atoms in total. The van der Waals surface area contributed by atoms with E-state index in [-0.39, 0.29) is 0 Å². The molecule has 0 aliphatic carbocycles. The van der Waals surface area contributed by atoms with Crippen molar-refractivity contribution in [1.82, 2.24) is 4.98 Å². The van der Waals surface area contributed by atoms with Crippen LogP contribution in [0.5, 0.6) is 0 Å². The van der Waals surface area contributed by atoms with Crippen molar-refractivity contribution in [1.29, 1.82) is 0 Å². The van der Waals surface area contributed by atoms with Crippen LogP contribution in [0.2, 0.25) is 0 Å². The lowest BCUT2D eigenvalue weighted by molar-refractivity contribution is 0.112. The van der Waals surface area contributed by atoms with Crippen LogP contribution in [0.3, 0.4) is 0 Å². The molecule has 3 aromatic rings. The summed E-state index contributed by atoms with van der Waals surface area (Å²) in [6.45, 7) is 4.40. The molecule has 0 aliphatic heterocycles. The van der Waals surface area contributed by atoms with Gasteiger partial charge in [0.05, 0.1) is 5.69 Å². The fraction of sp³-hybridized carbons (Fsp3) is 0.250. The molecule has 1 N–H and O–H groups in total. The number of nitrogens with one attached hydrogen (secondary N) is 1. The molecular weight excluding hydrogens is 302 g/mol. The van der Waals surface area contributed by atoms with Crippen LogP contribution in [0.15, 0.2) is 47.4 Å². The quantitative estimate of drug-likeness (QED) is 0.469. The number of H-pyrrole nitrogens is 1. The summed E-state index contributed by atoms with van der Waals surface area (Å²) in [4.78, 5) is 16.4. The molecule has 23 heavy (non-hydrogen) atoms. The number of thioether (sulfide) groups is 1. The van der Waals surface area contributed by atoms with Gasteiger partial charge >= 0.3 is 0 Å². The minimum Gasteiger partial charge on any atom is -0.354 e. The number of rotatable bonds is 5. The van der Waals surface area contributed by atoms with E-state index in [9.17, 15) is 4.79 Å². The Labute approximate surface area is 141 Å². The van der Waals surface area contributed by atoms with E-state index in [1.54, 1.807) is 11.8 Å². The van der Waals surface area contributed by atoms with E-state index in [1.807, 2.05) is 0 Å². The largest absolute Gasteiger partial charge is 0.354 e. The maximum atomic E-state index is 11.7. The minimum atomic E-state index is 0.498. The van der Waals surface area contributed by atoms with Crippen LogP contribution in [0.1, 0.15) is 42.1 Å². The van der Waals surface area contributed by atoms with Crippen molar-refractivity contribution >= 4 is 29.0 Å². The van der Waals surface area contributed by atoms with Gasteiger partial charge in [-0.1, -0.05) is 32.0 Å².